The van der Waals surface area contributed by atoms with Gasteiger partial charge in [0, 0.05) is 5.56 Å². The smallest absolute Gasteiger partial charge is 0.216 e. The fraction of sp³-hybridized carbons (Fsp3) is 0.0625. The van der Waals surface area contributed by atoms with Gasteiger partial charge >= 0.3 is 0 Å². The van der Waals surface area contributed by atoms with Crippen molar-refractivity contribution in [1.82, 2.24) is 14.9 Å². The number of benzene rings is 2. The van der Waals surface area contributed by atoms with Crippen LogP contribution in [-0.2, 0) is 0 Å². The van der Waals surface area contributed by atoms with Crippen LogP contribution in [0.3, 0.4) is 0 Å². The van der Waals surface area contributed by atoms with Gasteiger partial charge in [-0.2, -0.15) is 14.9 Å². The molecule has 0 spiro atoms. The lowest BCUT2D eigenvalue weighted by Gasteiger charge is -2.01. The topological polar surface area (TPSA) is 46.0 Å². The van der Waals surface area contributed by atoms with Crippen molar-refractivity contribution < 1.29 is 0 Å². The predicted molar refractivity (Wildman–Crippen MR) is 87.0 cm³/mol. The Labute approximate surface area is 127 Å². The quantitative estimate of drug-likeness (QED) is 0.590. The van der Waals surface area contributed by atoms with Gasteiger partial charge in [-0.25, -0.2) is 5.10 Å². The SMILES string of the molecule is Cc1ccc(-c2n[nH]c(=S)n2N=Cc2ccccc2)cc1. The first-order valence-corrected chi connectivity index (χ1v) is 6.99. The molecule has 0 aliphatic carbocycles. The summed E-state index contributed by atoms with van der Waals surface area (Å²) in [6, 6.07) is 18.0. The molecule has 0 aliphatic heterocycles. The number of H-pyrrole nitrogens is 1. The number of hydrogen-bond donors (Lipinski definition) is 1. The summed E-state index contributed by atoms with van der Waals surface area (Å²) in [5.74, 6) is 0.701. The third kappa shape index (κ3) is 2.98. The number of aromatic amines is 1. The van der Waals surface area contributed by atoms with Gasteiger partial charge in [0.2, 0.25) is 4.77 Å². The molecule has 21 heavy (non-hydrogen) atoms. The molecule has 3 rings (SSSR count). The summed E-state index contributed by atoms with van der Waals surface area (Å²) in [6.45, 7) is 2.05. The molecule has 2 aromatic carbocycles. The van der Waals surface area contributed by atoms with E-state index in [1.807, 2.05) is 54.6 Å². The summed E-state index contributed by atoms with van der Waals surface area (Å²) in [4.78, 5) is 0. The van der Waals surface area contributed by atoms with Crippen molar-refractivity contribution in [1.29, 1.82) is 0 Å². The molecule has 0 fully saturated rings. The minimum Gasteiger partial charge on any atom is -0.250 e. The Morgan fingerprint density at radius 2 is 1.81 bits per heavy atom. The second-order valence-electron chi connectivity index (χ2n) is 4.69. The van der Waals surface area contributed by atoms with Crippen molar-refractivity contribution in [2.75, 3.05) is 0 Å². The first-order valence-electron chi connectivity index (χ1n) is 6.58. The van der Waals surface area contributed by atoms with Crippen molar-refractivity contribution >= 4 is 18.4 Å². The molecular formula is C16H14N4S. The Bertz CT molecular complexity index is 813. The Morgan fingerprint density at radius 1 is 1.10 bits per heavy atom. The maximum absolute atomic E-state index is 5.25. The van der Waals surface area contributed by atoms with Crippen LogP contribution in [-0.4, -0.2) is 21.1 Å². The highest BCUT2D eigenvalue weighted by Gasteiger charge is 2.07. The lowest BCUT2D eigenvalue weighted by atomic mass is 10.1. The van der Waals surface area contributed by atoms with Crippen LogP contribution in [0.4, 0.5) is 0 Å². The Hall–Kier alpha value is -2.53. The third-order valence-electron chi connectivity index (χ3n) is 3.08. The highest BCUT2D eigenvalue weighted by Crippen LogP contribution is 2.17. The zero-order valence-electron chi connectivity index (χ0n) is 11.5. The zero-order valence-corrected chi connectivity index (χ0v) is 12.3. The molecule has 3 aromatic rings. The van der Waals surface area contributed by atoms with Crippen LogP contribution in [0.15, 0.2) is 59.7 Å². The second-order valence-corrected chi connectivity index (χ2v) is 5.07. The van der Waals surface area contributed by atoms with E-state index in [4.69, 9.17) is 12.2 Å². The Morgan fingerprint density at radius 3 is 2.52 bits per heavy atom. The first-order chi connectivity index (χ1) is 10.2. The monoisotopic (exact) mass is 294 g/mol. The minimum atomic E-state index is 0.470. The maximum Gasteiger partial charge on any atom is 0.216 e. The summed E-state index contributed by atoms with van der Waals surface area (Å²) >= 11 is 5.25. The summed E-state index contributed by atoms with van der Waals surface area (Å²) < 4.78 is 2.10. The van der Waals surface area contributed by atoms with E-state index in [9.17, 15) is 0 Å². The van der Waals surface area contributed by atoms with Crippen molar-refractivity contribution in [3.8, 4) is 11.4 Å². The maximum atomic E-state index is 5.25. The summed E-state index contributed by atoms with van der Waals surface area (Å²) in [5.41, 5.74) is 3.18. The van der Waals surface area contributed by atoms with Crippen LogP contribution in [0.2, 0.25) is 0 Å². The third-order valence-corrected chi connectivity index (χ3v) is 3.35. The van der Waals surface area contributed by atoms with Gasteiger partial charge in [0.05, 0.1) is 6.21 Å². The van der Waals surface area contributed by atoms with Gasteiger partial charge in [0.1, 0.15) is 0 Å². The average molecular weight is 294 g/mol. The van der Waals surface area contributed by atoms with Gasteiger partial charge in [-0.05, 0) is 24.7 Å². The summed E-state index contributed by atoms with van der Waals surface area (Å²) in [5, 5.41) is 11.5. The highest BCUT2D eigenvalue weighted by molar-refractivity contribution is 7.71. The van der Waals surface area contributed by atoms with Crippen molar-refractivity contribution in [3.63, 3.8) is 0 Å². The van der Waals surface area contributed by atoms with E-state index in [0.29, 0.717) is 10.6 Å². The molecule has 0 aliphatic rings. The fourth-order valence-corrected chi connectivity index (χ4v) is 2.13. The van der Waals surface area contributed by atoms with Gasteiger partial charge in [-0.15, -0.1) is 0 Å². The summed E-state index contributed by atoms with van der Waals surface area (Å²) in [6.07, 6.45) is 1.77. The second kappa shape index (κ2) is 5.85. The van der Waals surface area contributed by atoms with Gasteiger partial charge in [0.15, 0.2) is 5.82 Å². The number of nitrogens with zero attached hydrogens (tertiary/aromatic N) is 3. The molecule has 0 atom stereocenters. The Balaban J connectivity index is 2.00. The molecule has 4 nitrogen and oxygen atoms in total. The van der Waals surface area contributed by atoms with E-state index in [2.05, 4.69) is 22.2 Å². The van der Waals surface area contributed by atoms with Crippen LogP contribution < -0.4 is 0 Å². The van der Waals surface area contributed by atoms with Gasteiger partial charge in [0.25, 0.3) is 0 Å². The normalized spacial score (nSPS) is 11.1. The van der Waals surface area contributed by atoms with Crippen LogP contribution in [0.1, 0.15) is 11.1 Å². The first kappa shape index (κ1) is 13.5. The van der Waals surface area contributed by atoms with Crippen LogP contribution in [0, 0.1) is 11.7 Å². The largest absolute Gasteiger partial charge is 0.250 e. The molecule has 0 saturated heterocycles. The van der Waals surface area contributed by atoms with E-state index in [1.165, 1.54) is 5.56 Å². The average Bonchev–Trinajstić information content (AvgIpc) is 2.88. The van der Waals surface area contributed by atoms with Crippen LogP contribution >= 0.6 is 12.2 Å². The minimum absolute atomic E-state index is 0.470. The standard InChI is InChI=1S/C16H14N4S/c1-12-7-9-14(10-8-12)15-18-19-16(21)20(15)17-11-13-5-3-2-4-6-13/h2-11H,1H3,(H,19,21). The van der Waals surface area contributed by atoms with E-state index in [0.717, 1.165) is 11.1 Å². The van der Waals surface area contributed by atoms with E-state index < -0.39 is 0 Å². The van der Waals surface area contributed by atoms with Gasteiger partial charge < -0.3 is 0 Å². The molecule has 0 bridgehead atoms. The van der Waals surface area contributed by atoms with E-state index in [1.54, 1.807) is 10.9 Å². The van der Waals surface area contributed by atoms with Crippen LogP contribution in [0.25, 0.3) is 11.4 Å². The number of hydrogen-bond acceptors (Lipinski definition) is 3. The molecular weight excluding hydrogens is 280 g/mol. The number of aryl methyl sites for hydroxylation is 1. The molecule has 1 N–H and O–H groups in total. The van der Waals surface area contributed by atoms with Crippen molar-refractivity contribution in [2.45, 2.75) is 6.92 Å². The molecule has 0 radical (unpaired) electrons. The molecule has 0 amide bonds. The lowest BCUT2D eigenvalue weighted by molar-refractivity contribution is 0.871. The number of nitrogens with one attached hydrogen (secondary N) is 1. The van der Waals surface area contributed by atoms with Gasteiger partial charge in [-0.1, -0.05) is 60.2 Å². The highest BCUT2D eigenvalue weighted by atomic mass is 32.1. The fourth-order valence-electron chi connectivity index (χ4n) is 1.95. The molecule has 0 unspecified atom stereocenters. The predicted octanol–water partition coefficient (Wildman–Crippen LogP) is 3.80. The number of aromatic nitrogens is 3. The summed E-state index contributed by atoms with van der Waals surface area (Å²) in [7, 11) is 0. The van der Waals surface area contributed by atoms with Gasteiger partial charge in [-0.3, -0.25) is 0 Å². The van der Waals surface area contributed by atoms with Crippen molar-refractivity contribution in [3.05, 3.63) is 70.5 Å². The number of rotatable bonds is 3. The molecule has 1 heterocycles. The van der Waals surface area contributed by atoms with Crippen molar-refractivity contribution in [2.24, 2.45) is 5.10 Å². The molecule has 0 saturated carbocycles. The lowest BCUT2D eigenvalue weighted by Crippen LogP contribution is -1.95. The molecule has 1 aromatic heterocycles. The molecule has 104 valence electrons. The zero-order chi connectivity index (χ0) is 14.7. The van der Waals surface area contributed by atoms with Crippen LogP contribution in [0.5, 0.6) is 0 Å². The van der Waals surface area contributed by atoms with E-state index in [-0.39, 0.29) is 0 Å². The molecule has 5 heteroatoms. The van der Waals surface area contributed by atoms with E-state index >= 15 is 0 Å². The Kier molecular flexibility index (Phi) is 3.75.